The zero-order chi connectivity index (χ0) is 30.2. The molecule has 0 radical (unpaired) electrons. The minimum atomic E-state index is -0.835. The first-order valence-electron chi connectivity index (χ1n) is 13.7. The van der Waals surface area contributed by atoms with Crippen LogP contribution in [0.2, 0.25) is 0 Å². The molecule has 2 heterocycles. The number of piperazine rings is 1. The number of ether oxygens (including phenoxy) is 3. The van der Waals surface area contributed by atoms with Gasteiger partial charge in [0, 0.05) is 62.1 Å². The average molecular weight is 592 g/mol. The summed E-state index contributed by atoms with van der Waals surface area (Å²) in [5, 5.41) is 8.49. The Hall–Kier alpha value is -4.81. The summed E-state index contributed by atoms with van der Waals surface area (Å²) in [6.07, 6.45) is 1.43. The van der Waals surface area contributed by atoms with Crippen molar-refractivity contribution in [3.8, 4) is 23.0 Å². The van der Waals surface area contributed by atoms with Crippen molar-refractivity contribution in [3.63, 3.8) is 0 Å². The van der Waals surface area contributed by atoms with Gasteiger partial charge in [-0.1, -0.05) is 12.1 Å². The van der Waals surface area contributed by atoms with Crippen molar-refractivity contribution in [3.05, 3.63) is 84.1 Å². The molecular formula is C31H31F2N5O5. The van der Waals surface area contributed by atoms with Gasteiger partial charge < -0.3 is 24.8 Å². The highest BCUT2D eigenvalue weighted by molar-refractivity contribution is 6.01. The molecule has 0 atom stereocenters. The molecule has 3 N–H and O–H groups in total. The minimum Gasteiger partial charge on any atom is -0.493 e. The number of pyridine rings is 1. The van der Waals surface area contributed by atoms with Gasteiger partial charge in [-0.05, 0) is 42.0 Å². The molecule has 1 aromatic heterocycles. The lowest BCUT2D eigenvalue weighted by Crippen LogP contribution is -2.44. The molecule has 1 saturated heterocycles. The van der Waals surface area contributed by atoms with Crippen LogP contribution in [-0.4, -0.2) is 68.3 Å². The zero-order valence-electron chi connectivity index (χ0n) is 23.5. The van der Waals surface area contributed by atoms with Gasteiger partial charge >= 0.3 is 6.03 Å². The second kappa shape index (κ2) is 13.9. The van der Waals surface area contributed by atoms with Gasteiger partial charge in [-0.2, -0.15) is 0 Å². The largest absolute Gasteiger partial charge is 0.493 e. The van der Waals surface area contributed by atoms with Gasteiger partial charge in [0.1, 0.15) is 18.2 Å². The number of carbonyl (C=O) groups is 2. The van der Waals surface area contributed by atoms with E-state index in [1.54, 1.807) is 31.5 Å². The number of methoxy groups -OCH3 is 1. The van der Waals surface area contributed by atoms with E-state index < -0.39 is 23.6 Å². The van der Waals surface area contributed by atoms with Crippen LogP contribution in [0, 0.1) is 11.6 Å². The SMILES string of the molecule is COc1cc2c(Oc3ccc(NC(=O)NC(=O)Cc4ccc(F)cc4)cc3F)ccnc2cc1OCCN1CCNCC1. The van der Waals surface area contributed by atoms with E-state index in [1.165, 1.54) is 36.4 Å². The molecular weight excluding hydrogens is 560 g/mol. The number of nitrogens with one attached hydrogen (secondary N) is 3. The van der Waals surface area contributed by atoms with Crippen molar-refractivity contribution in [1.82, 2.24) is 20.5 Å². The van der Waals surface area contributed by atoms with Crippen LogP contribution >= 0.6 is 0 Å². The molecule has 4 aromatic rings. The number of anilines is 1. The Bertz CT molecular complexity index is 1600. The molecule has 3 aromatic carbocycles. The highest BCUT2D eigenvalue weighted by atomic mass is 19.1. The van der Waals surface area contributed by atoms with Gasteiger partial charge in [0.15, 0.2) is 23.1 Å². The van der Waals surface area contributed by atoms with Gasteiger partial charge in [-0.3, -0.25) is 20.0 Å². The fourth-order valence-electron chi connectivity index (χ4n) is 4.61. The first-order chi connectivity index (χ1) is 20.9. The third-order valence-corrected chi connectivity index (χ3v) is 6.80. The summed E-state index contributed by atoms with van der Waals surface area (Å²) in [6, 6.07) is 13.5. The zero-order valence-corrected chi connectivity index (χ0v) is 23.5. The third-order valence-electron chi connectivity index (χ3n) is 6.80. The lowest BCUT2D eigenvalue weighted by molar-refractivity contribution is -0.119. The third kappa shape index (κ3) is 7.93. The van der Waals surface area contributed by atoms with Crippen LogP contribution in [-0.2, 0) is 11.2 Å². The molecule has 0 spiro atoms. The molecule has 0 saturated carbocycles. The molecule has 10 nitrogen and oxygen atoms in total. The number of hydrogen-bond acceptors (Lipinski definition) is 8. The van der Waals surface area contributed by atoms with E-state index in [0.29, 0.717) is 40.3 Å². The summed E-state index contributed by atoms with van der Waals surface area (Å²) in [5.41, 5.74) is 1.23. The van der Waals surface area contributed by atoms with Crippen molar-refractivity contribution in [2.75, 3.05) is 51.8 Å². The van der Waals surface area contributed by atoms with Crippen LogP contribution in [0.5, 0.6) is 23.0 Å². The van der Waals surface area contributed by atoms with Gasteiger partial charge in [-0.15, -0.1) is 0 Å². The summed E-state index contributed by atoms with van der Waals surface area (Å²) in [5.74, 6) is -0.459. The Balaban J connectivity index is 1.22. The van der Waals surface area contributed by atoms with Crippen LogP contribution < -0.4 is 30.2 Å². The van der Waals surface area contributed by atoms with Crippen LogP contribution in [0.25, 0.3) is 10.9 Å². The number of aromatic nitrogens is 1. The maximum Gasteiger partial charge on any atom is 0.325 e. The fraction of sp³-hybridized carbons (Fsp3) is 0.258. The van der Waals surface area contributed by atoms with Crippen LogP contribution in [0.4, 0.5) is 19.3 Å². The van der Waals surface area contributed by atoms with Crippen molar-refractivity contribution in [2.45, 2.75) is 6.42 Å². The van der Waals surface area contributed by atoms with E-state index in [1.807, 2.05) is 0 Å². The maximum atomic E-state index is 15.0. The Labute approximate surface area is 246 Å². The summed E-state index contributed by atoms with van der Waals surface area (Å²) in [4.78, 5) is 31.1. The van der Waals surface area contributed by atoms with Crippen LogP contribution in [0.3, 0.4) is 0 Å². The van der Waals surface area contributed by atoms with Gasteiger partial charge in [0.2, 0.25) is 5.91 Å². The molecule has 0 bridgehead atoms. The number of urea groups is 1. The molecule has 43 heavy (non-hydrogen) atoms. The summed E-state index contributed by atoms with van der Waals surface area (Å²) >= 11 is 0. The van der Waals surface area contributed by atoms with Crippen LogP contribution in [0.15, 0.2) is 66.9 Å². The van der Waals surface area contributed by atoms with Gasteiger partial charge in [0.05, 0.1) is 19.0 Å². The monoisotopic (exact) mass is 591 g/mol. The highest BCUT2D eigenvalue weighted by Crippen LogP contribution is 2.37. The number of rotatable bonds is 10. The number of nitrogens with zero attached hydrogens (tertiary/aromatic N) is 2. The summed E-state index contributed by atoms with van der Waals surface area (Å²) in [7, 11) is 1.54. The van der Waals surface area contributed by atoms with E-state index in [9.17, 15) is 14.0 Å². The quantitative estimate of drug-likeness (QED) is 0.247. The number of hydrogen-bond donors (Lipinski definition) is 3. The Morgan fingerprint density at radius 1 is 0.953 bits per heavy atom. The molecule has 0 unspecified atom stereocenters. The minimum absolute atomic E-state index is 0.0823. The Morgan fingerprint density at radius 3 is 2.49 bits per heavy atom. The lowest BCUT2D eigenvalue weighted by Gasteiger charge is -2.27. The average Bonchev–Trinajstić information content (AvgIpc) is 3.00. The molecule has 12 heteroatoms. The number of fused-ring (bicyclic) bond motifs is 1. The molecule has 1 fully saturated rings. The molecule has 5 rings (SSSR count). The standard InChI is InChI=1S/C31H31F2N5O5/c1-41-28-18-23-25(19-29(28)42-15-14-38-12-10-34-11-13-38)35-9-8-26(23)43-27-7-6-22(17-24(27)33)36-31(40)37-30(39)16-20-2-4-21(32)5-3-20/h2-9,17-19,34H,10-16H2,1H3,(H2,36,37,39,40). The highest BCUT2D eigenvalue weighted by Gasteiger charge is 2.16. The smallest absolute Gasteiger partial charge is 0.325 e. The fourth-order valence-corrected chi connectivity index (χ4v) is 4.61. The van der Waals surface area contributed by atoms with Crippen molar-refractivity contribution in [1.29, 1.82) is 0 Å². The number of benzene rings is 3. The van der Waals surface area contributed by atoms with E-state index in [-0.39, 0.29) is 17.9 Å². The van der Waals surface area contributed by atoms with Crippen molar-refractivity contribution >= 4 is 28.5 Å². The molecule has 3 amide bonds. The summed E-state index contributed by atoms with van der Waals surface area (Å²) < 4.78 is 45.5. The Kier molecular flexibility index (Phi) is 9.59. The van der Waals surface area contributed by atoms with Crippen LogP contribution in [0.1, 0.15) is 5.56 Å². The van der Waals surface area contributed by atoms with E-state index >= 15 is 4.39 Å². The van der Waals surface area contributed by atoms with E-state index in [2.05, 4.69) is 25.8 Å². The van der Waals surface area contributed by atoms with Gasteiger partial charge in [-0.25, -0.2) is 13.6 Å². The maximum absolute atomic E-state index is 15.0. The molecule has 224 valence electrons. The topological polar surface area (TPSA) is 114 Å². The first-order valence-corrected chi connectivity index (χ1v) is 13.7. The predicted octanol–water partition coefficient (Wildman–Crippen LogP) is 4.49. The van der Waals surface area contributed by atoms with Gasteiger partial charge in [0.25, 0.3) is 0 Å². The molecule has 1 aliphatic rings. The van der Waals surface area contributed by atoms with Crippen molar-refractivity contribution < 1.29 is 32.6 Å². The van der Waals surface area contributed by atoms with E-state index in [0.717, 1.165) is 38.8 Å². The number of amides is 3. The number of halogens is 2. The predicted molar refractivity (Wildman–Crippen MR) is 157 cm³/mol. The number of imide groups is 1. The second-order valence-electron chi connectivity index (χ2n) is 9.82. The number of carbonyl (C=O) groups excluding carboxylic acids is 2. The normalized spacial score (nSPS) is 13.4. The lowest BCUT2D eigenvalue weighted by atomic mass is 10.1. The molecule has 1 aliphatic heterocycles. The van der Waals surface area contributed by atoms with E-state index in [4.69, 9.17) is 14.2 Å². The first kappa shape index (κ1) is 29.7. The van der Waals surface area contributed by atoms with Crippen molar-refractivity contribution in [2.24, 2.45) is 0 Å². The molecule has 0 aliphatic carbocycles. The Morgan fingerprint density at radius 2 is 1.74 bits per heavy atom. The second-order valence-corrected chi connectivity index (χ2v) is 9.82. The summed E-state index contributed by atoms with van der Waals surface area (Å²) in [6.45, 7) is 5.14.